The molecule has 22 heavy (non-hydrogen) atoms. The smallest absolute Gasteiger partial charge is 0.234 e. The first-order valence-electron chi connectivity index (χ1n) is 8.60. The van der Waals surface area contributed by atoms with Crippen LogP contribution in [0.25, 0.3) is 0 Å². The Balaban J connectivity index is 0.00000176. The minimum atomic E-state index is 0. The van der Waals surface area contributed by atoms with Crippen LogP contribution in [0.2, 0.25) is 0 Å². The molecule has 0 heterocycles. The monoisotopic (exact) mass is 330 g/mol. The Morgan fingerprint density at radius 2 is 1.73 bits per heavy atom. The van der Waals surface area contributed by atoms with Crippen molar-refractivity contribution >= 4 is 18.3 Å². The van der Waals surface area contributed by atoms with E-state index in [9.17, 15) is 4.79 Å². The zero-order valence-electron chi connectivity index (χ0n) is 13.9. The zero-order valence-corrected chi connectivity index (χ0v) is 14.7. The van der Waals surface area contributed by atoms with Gasteiger partial charge in [-0.05, 0) is 68.6 Å². The second-order valence-electron chi connectivity index (χ2n) is 7.74. The molecule has 1 unspecified atom stereocenters. The van der Waals surface area contributed by atoms with Crippen molar-refractivity contribution in [2.75, 3.05) is 26.8 Å². The molecule has 5 heteroatoms. The summed E-state index contributed by atoms with van der Waals surface area (Å²) >= 11 is 0. The third-order valence-corrected chi connectivity index (χ3v) is 6.15. The minimum absolute atomic E-state index is 0. The molecule has 0 aromatic heterocycles. The van der Waals surface area contributed by atoms with Gasteiger partial charge in [0.2, 0.25) is 5.91 Å². The third kappa shape index (κ3) is 3.77. The lowest BCUT2D eigenvalue weighted by atomic mass is 9.48. The van der Waals surface area contributed by atoms with Gasteiger partial charge in [0.15, 0.2) is 0 Å². The van der Waals surface area contributed by atoms with Crippen molar-refractivity contribution in [3.8, 4) is 0 Å². The summed E-state index contributed by atoms with van der Waals surface area (Å²) in [5, 5.41) is 6.40. The quantitative estimate of drug-likeness (QED) is 0.705. The van der Waals surface area contributed by atoms with Gasteiger partial charge >= 0.3 is 0 Å². The molecule has 0 aromatic carbocycles. The Bertz CT molecular complexity index is 354. The molecule has 4 nitrogen and oxygen atoms in total. The number of carbonyl (C=O) groups is 1. The SMILES string of the molecule is COCCNCC(=O)NC(C)C12CC3CC(CC(C3)C1)C2.Cl. The van der Waals surface area contributed by atoms with E-state index in [0.717, 1.165) is 24.3 Å². The fourth-order valence-electron chi connectivity index (χ4n) is 5.53. The molecule has 4 saturated carbocycles. The third-order valence-electron chi connectivity index (χ3n) is 6.15. The standard InChI is InChI=1S/C17H30N2O2.ClH/c1-12(19-16(20)11-18-3-4-21-2)17-8-13-5-14(9-17)7-15(6-13)10-17;/h12-15,18H,3-11H2,1-2H3,(H,19,20);1H. The second-order valence-corrected chi connectivity index (χ2v) is 7.74. The van der Waals surface area contributed by atoms with Crippen molar-refractivity contribution < 1.29 is 9.53 Å². The van der Waals surface area contributed by atoms with E-state index in [1.165, 1.54) is 38.5 Å². The summed E-state index contributed by atoms with van der Waals surface area (Å²) in [4.78, 5) is 12.1. The molecule has 4 fully saturated rings. The van der Waals surface area contributed by atoms with Gasteiger partial charge in [0, 0.05) is 19.7 Å². The predicted molar refractivity (Wildman–Crippen MR) is 90.2 cm³/mol. The van der Waals surface area contributed by atoms with E-state index in [0.29, 0.717) is 24.6 Å². The molecule has 4 aliphatic carbocycles. The highest BCUT2D eigenvalue weighted by molar-refractivity contribution is 5.85. The van der Waals surface area contributed by atoms with Crippen LogP contribution in [-0.2, 0) is 9.53 Å². The average molecular weight is 331 g/mol. The molecule has 0 radical (unpaired) electrons. The Kier molecular flexibility index (Phi) is 6.14. The number of halogens is 1. The number of hydrogen-bond donors (Lipinski definition) is 2. The lowest BCUT2D eigenvalue weighted by Gasteiger charge is -2.59. The Morgan fingerprint density at radius 1 is 1.18 bits per heavy atom. The van der Waals surface area contributed by atoms with Crippen molar-refractivity contribution in [1.29, 1.82) is 0 Å². The van der Waals surface area contributed by atoms with Crippen LogP contribution >= 0.6 is 12.4 Å². The van der Waals surface area contributed by atoms with Crippen LogP contribution in [0.5, 0.6) is 0 Å². The number of methoxy groups -OCH3 is 1. The molecule has 1 atom stereocenters. The summed E-state index contributed by atoms with van der Waals surface area (Å²) < 4.78 is 4.98. The van der Waals surface area contributed by atoms with Crippen LogP contribution in [0.15, 0.2) is 0 Å². The van der Waals surface area contributed by atoms with E-state index < -0.39 is 0 Å². The van der Waals surface area contributed by atoms with E-state index in [1.807, 2.05) is 0 Å². The van der Waals surface area contributed by atoms with Gasteiger partial charge in [-0.15, -0.1) is 12.4 Å². The molecule has 4 aliphatic rings. The largest absolute Gasteiger partial charge is 0.383 e. The van der Waals surface area contributed by atoms with Gasteiger partial charge in [0.05, 0.1) is 13.2 Å². The van der Waals surface area contributed by atoms with E-state index >= 15 is 0 Å². The van der Waals surface area contributed by atoms with Crippen molar-refractivity contribution in [2.24, 2.45) is 23.2 Å². The maximum atomic E-state index is 12.1. The highest BCUT2D eigenvalue weighted by Gasteiger charge is 2.53. The zero-order chi connectivity index (χ0) is 14.9. The van der Waals surface area contributed by atoms with Crippen molar-refractivity contribution in [3.63, 3.8) is 0 Å². The van der Waals surface area contributed by atoms with Crippen LogP contribution in [-0.4, -0.2) is 38.8 Å². The van der Waals surface area contributed by atoms with Gasteiger partial charge < -0.3 is 15.4 Å². The Hall–Kier alpha value is -0.320. The summed E-state index contributed by atoms with van der Waals surface area (Å²) in [6.45, 7) is 4.02. The van der Waals surface area contributed by atoms with E-state index in [4.69, 9.17) is 4.74 Å². The van der Waals surface area contributed by atoms with Crippen LogP contribution < -0.4 is 10.6 Å². The topological polar surface area (TPSA) is 50.4 Å². The fourth-order valence-corrected chi connectivity index (χ4v) is 5.53. The Morgan fingerprint density at radius 3 is 2.23 bits per heavy atom. The molecule has 128 valence electrons. The summed E-state index contributed by atoms with van der Waals surface area (Å²) in [7, 11) is 1.68. The highest BCUT2D eigenvalue weighted by Crippen LogP contribution is 2.61. The Labute approximate surface area is 140 Å². The summed E-state index contributed by atoms with van der Waals surface area (Å²) in [5.74, 6) is 2.95. The number of hydrogen-bond acceptors (Lipinski definition) is 3. The van der Waals surface area contributed by atoms with Crippen molar-refractivity contribution in [1.82, 2.24) is 10.6 Å². The maximum Gasteiger partial charge on any atom is 0.234 e. The molecule has 0 aromatic rings. The van der Waals surface area contributed by atoms with Crippen LogP contribution in [0, 0.1) is 23.2 Å². The van der Waals surface area contributed by atoms with Gasteiger partial charge in [0.25, 0.3) is 0 Å². The van der Waals surface area contributed by atoms with Crippen LogP contribution in [0.3, 0.4) is 0 Å². The van der Waals surface area contributed by atoms with Gasteiger partial charge in [-0.1, -0.05) is 0 Å². The molecular weight excluding hydrogens is 300 g/mol. The number of amides is 1. The van der Waals surface area contributed by atoms with Gasteiger partial charge in [-0.25, -0.2) is 0 Å². The van der Waals surface area contributed by atoms with Gasteiger partial charge in [0.1, 0.15) is 0 Å². The number of carbonyl (C=O) groups excluding carboxylic acids is 1. The van der Waals surface area contributed by atoms with Crippen LogP contribution in [0.1, 0.15) is 45.4 Å². The second kappa shape index (κ2) is 7.50. The minimum Gasteiger partial charge on any atom is -0.383 e. The first kappa shape index (κ1) is 18.0. The predicted octanol–water partition coefficient (Wildman–Crippen LogP) is 2.37. The molecule has 2 N–H and O–H groups in total. The maximum absolute atomic E-state index is 12.1. The molecule has 0 aliphatic heterocycles. The van der Waals surface area contributed by atoms with E-state index in [1.54, 1.807) is 7.11 Å². The lowest BCUT2D eigenvalue weighted by Crippen LogP contribution is -2.56. The first-order valence-corrected chi connectivity index (χ1v) is 8.60. The highest BCUT2D eigenvalue weighted by atomic mass is 35.5. The fraction of sp³-hybridized carbons (Fsp3) is 0.941. The molecule has 0 spiro atoms. The molecule has 4 rings (SSSR count). The molecule has 1 amide bonds. The van der Waals surface area contributed by atoms with Crippen molar-refractivity contribution in [3.05, 3.63) is 0 Å². The van der Waals surface area contributed by atoms with E-state index in [2.05, 4.69) is 17.6 Å². The van der Waals surface area contributed by atoms with E-state index in [-0.39, 0.29) is 18.3 Å². The normalized spacial score (nSPS) is 36.7. The average Bonchev–Trinajstić information content (AvgIpc) is 2.42. The number of ether oxygens (including phenoxy) is 1. The summed E-state index contributed by atoms with van der Waals surface area (Å²) in [5.41, 5.74) is 0.400. The number of rotatable bonds is 7. The number of nitrogens with one attached hydrogen (secondary N) is 2. The first-order chi connectivity index (χ1) is 10.1. The summed E-state index contributed by atoms with van der Waals surface area (Å²) in [6.07, 6.45) is 8.40. The van der Waals surface area contributed by atoms with Crippen molar-refractivity contribution in [2.45, 2.75) is 51.5 Å². The summed E-state index contributed by atoms with van der Waals surface area (Å²) in [6, 6.07) is 0.322. The van der Waals surface area contributed by atoms with Gasteiger partial charge in [-0.3, -0.25) is 4.79 Å². The molecule has 4 bridgehead atoms. The van der Waals surface area contributed by atoms with Gasteiger partial charge in [-0.2, -0.15) is 0 Å². The van der Waals surface area contributed by atoms with Crippen LogP contribution in [0.4, 0.5) is 0 Å². The molecular formula is C17H31ClN2O2. The lowest BCUT2D eigenvalue weighted by molar-refractivity contribution is -0.125. The molecule has 0 saturated heterocycles.